The third-order valence-electron chi connectivity index (χ3n) is 2.47. The highest BCUT2D eigenvalue weighted by Gasteiger charge is 2.02. The van der Waals surface area contributed by atoms with Crippen molar-refractivity contribution in [2.75, 3.05) is 11.9 Å². The van der Waals surface area contributed by atoms with Crippen LogP contribution in [0.15, 0.2) is 29.6 Å². The van der Waals surface area contributed by atoms with Gasteiger partial charge in [0.2, 0.25) is 0 Å². The van der Waals surface area contributed by atoms with E-state index in [9.17, 15) is 4.79 Å². The first kappa shape index (κ1) is 12.6. The number of thiazole rings is 1. The SMILES string of the molecule is Cc1csc(CCNc2ccc(C(=O)O)cc2)n1. The van der Waals surface area contributed by atoms with Crippen LogP contribution in [0, 0.1) is 6.92 Å². The summed E-state index contributed by atoms with van der Waals surface area (Å²) in [6.07, 6.45) is 0.874. The van der Waals surface area contributed by atoms with E-state index in [-0.39, 0.29) is 0 Å². The maximum absolute atomic E-state index is 10.7. The molecular formula is C13H14N2O2S. The van der Waals surface area contributed by atoms with Crippen molar-refractivity contribution in [1.82, 2.24) is 4.98 Å². The molecule has 0 saturated carbocycles. The van der Waals surface area contributed by atoms with Gasteiger partial charge >= 0.3 is 5.97 Å². The second-order valence-electron chi connectivity index (χ2n) is 3.94. The molecule has 5 heteroatoms. The molecule has 0 aliphatic carbocycles. The number of anilines is 1. The van der Waals surface area contributed by atoms with Crippen molar-refractivity contribution in [1.29, 1.82) is 0 Å². The minimum atomic E-state index is -0.903. The van der Waals surface area contributed by atoms with Gasteiger partial charge in [-0.25, -0.2) is 9.78 Å². The lowest BCUT2D eigenvalue weighted by Gasteiger charge is -2.05. The third-order valence-corrected chi connectivity index (χ3v) is 3.49. The van der Waals surface area contributed by atoms with E-state index in [1.165, 1.54) is 0 Å². The highest BCUT2D eigenvalue weighted by Crippen LogP contribution is 2.12. The predicted molar refractivity (Wildman–Crippen MR) is 72.4 cm³/mol. The second kappa shape index (κ2) is 5.64. The summed E-state index contributed by atoms with van der Waals surface area (Å²) in [6, 6.07) is 6.74. The molecule has 0 bridgehead atoms. The molecule has 1 aromatic heterocycles. The van der Waals surface area contributed by atoms with Gasteiger partial charge in [0, 0.05) is 29.7 Å². The van der Waals surface area contributed by atoms with E-state index in [1.54, 1.807) is 35.6 Å². The number of aryl methyl sites for hydroxylation is 1. The van der Waals surface area contributed by atoms with Gasteiger partial charge in [-0.3, -0.25) is 0 Å². The van der Waals surface area contributed by atoms with E-state index >= 15 is 0 Å². The molecule has 0 aliphatic heterocycles. The molecular weight excluding hydrogens is 248 g/mol. The van der Waals surface area contributed by atoms with Crippen LogP contribution in [0.5, 0.6) is 0 Å². The van der Waals surface area contributed by atoms with Crippen molar-refractivity contribution >= 4 is 23.0 Å². The molecule has 94 valence electrons. The van der Waals surface area contributed by atoms with E-state index in [1.807, 2.05) is 12.3 Å². The van der Waals surface area contributed by atoms with Gasteiger partial charge in [-0.05, 0) is 31.2 Å². The number of aromatic nitrogens is 1. The summed E-state index contributed by atoms with van der Waals surface area (Å²) in [7, 11) is 0. The van der Waals surface area contributed by atoms with E-state index in [4.69, 9.17) is 5.11 Å². The smallest absolute Gasteiger partial charge is 0.335 e. The van der Waals surface area contributed by atoms with E-state index in [0.29, 0.717) is 5.56 Å². The van der Waals surface area contributed by atoms with Crippen LogP contribution in [-0.2, 0) is 6.42 Å². The topological polar surface area (TPSA) is 62.2 Å². The molecule has 0 spiro atoms. The zero-order valence-corrected chi connectivity index (χ0v) is 10.8. The van der Waals surface area contributed by atoms with Gasteiger partial charge in [0.1, 0.15) is 0 Å². The molecule has 0 radical (unpaired) electrons. The molecule has 0 atom stereocenters. The lowest BCUT2D eigenvalue weighted by atomic mass is 10.2. The Hall–Kier alpha value is -1.88. The zero-order valence-electron chi connectivity index (χ0n) is 10.0. The van der Waals surface area contributed by atoms with Gasteiger partial charge in [-0.2, -0.15) is 0 Å². The zero-order chi connectivity index (χ0) is 13.0. The molecule has 0 amide bonds. The van der Waals surface area contributed by atoms with Gasteiger partial charge in [0.15, 0.2) is 0 Å². The van der Waals surface area contributed by atoms with Crippen LogP contribution in [0.4, 0.5) is 5.69 Å². The first-order valence-electron chi connectivity index (χ1n) is 5.63. The second-order valence-corrected chi connectivity index (χ2v) is 4.88. The summed E-state index contributed by atoms with van der Waals surface area (Å²) < 4.78 is 0. The van der Waals surface area contributed by atoms with Crippen molar-refractivity contribution in [3.63, 3.8) is 0 Å². The monoisotopic (exact) mass is 262 g/mol. The Kier molecular flexibility index (Phi) is 3.94. The lowest BCUT2D eigenvalue weighted by Crippen LogP contribution is -2.05. The number of carboxylic acid groups (broad SMARTS) is 1. The molecule has 4 nitrogen and oxygen atoms in total. The maximum atomic E-state index is 10.7. The fourth-order valence-corrected chi connectivity index (χ4v) is 2.34. The van der Waals surface area contributed by atoms with Gasteiger partial charge in [-0.15, -0.1) is 11.3 Å². The molecule has 0 saturated heterocycles. The molecule has 2 N–H and O–H groups in total. The van der Waals surface area contributed by atoms with Crippen molar-refractivity contribution in [2.24, 2.45) is 0 Å². The third kappa shape index (κ3) is 3.30. The minimum Gasteiger partial charge on any atom is -0.478 e. The average molecular weight is 262 g/mol. The maximum Gasteiger partial charge on any atom is 0.335 e. The Labute approximate surface area is 109 Å². The van der Waals surface area contributed by atoms with E-state index < -0.39 is 5.97 Å². The van der Waals surface area contributed by atoms with Crippen LogP contribution >= 0.6 is 11.3 Å². The number of carbonyl (C=O) groups is 1. The predicted octanol–water partition coefficient (Wildman–Crippen LogP) is 2.80. The van der Waals surface area contributed by atoms with Crippen molar-refractivity contribution in [3.8, 4) is 0 Å². The molecule has 2 aromatic rings. The number of nitrogens with one attached hydrogen (secondary N) is 1. The lowest BCUT2D eigenvalue weighted by molar-refractivity contribution is 0.0697. The van der Waals surface area contributed by atoms with Crippen LogP contribution in [0.25, 0.3) is 0 Å². The van der Waals surface area contributed by atoms with E-state index in [2.05, 4.69) is 10.3 Å². The fraction of sp³-hybridized carbons (Fsp3) is 0.231. The molecule has 0 fully saturated rings. The molecule has 1 aromatic carbocycles. The number of nitrogens with zero attached hydrogens (tertiary/aromatic N) is 1. The number of hydrogen-bond donors (Lipinski definition) is 2. The fourth-order valence-electron chi connectivity index (χ4n) is 1.56. The Morgan fingerprint density at radius 2 is 2.11 bits per heavy atom. The van der Waals surface area contributed by atoms with Crippen molar-refractivity contribution < 1.29 is 9.90 Å². The molecule has 2 rings (SSSR count). The highest BCUT2D eigenvalue weighted by molar-refractivity contribution is 7.09. The number of carboxylic acids is 1. The number of rotatable bonds is 5. The largest absolute Gasteiger partial charge is 0.478 e. The van der Waals surface area contributed by atoms with E-state index in [0.717, 1.165) is 29.4 Å². The van der Waals surface area contributed by atoms with Crippen LogP contribution in [0.1, 0.15) is 21.1 Å². The van der Waals surface area contributed by atoms with Crippen LogP contribution < -0.4 is 5.32 Å². The quantitative estimate of drug-likeness (QED) is 0.869. The Balaban J connectivity index is 1.85. The van der Waals surface area contributed by atoms with Gasteiger partial charge < -0.3 is 10.4 Å². The summed E-state index contributed by atoms with van der Waals surface area (Å²) in [5, 5.41) is 15.2. The Bertz CT molecular complexity index is 534. The molecule has 18 heavy (non-hydrogen) atoms. The summed E-state index contributed by atoms with van der Waals surface area (Å²) in [4.78, 5) is 15.1. The number of aromatic carboxylic acids is 1. The number of benzene rings is 1. The first-order chi connectivity index (χ1) is 8.65. The summed E-state index contributed by atoms with van der Waals surface area (Å²) >= 11 is 1.66. The Morgan fingerprint density at radius 3 is 2.67 bits per heavy atom. The summed E-state index contributed by atoms with van der Waals surface area (Å²) in [6.45, 7) is 2.78. The van der Waals surface area contributed by atoms with Gasteiger partial charge in [-0.1, -0.05) is 0 Å². The number of hydrogen-bond acceptors (Lipinski definition) is 4. The first-order valence-corrected chi connectivity index (χ1v) is 6.51. The molecule has 0 unspecified atom stereocenters. The van der Waals surface area contributed by atoms with Crippen LogP contribution in [0.2, 0.25) is 0 Å². The highest BCUT2D eigenvalue weighted by atomic mass is 32.1. The summed E-state index contributed by atoms with van der Waals surface area (Å²) in [5.74, 6) is -0.903. The van der Waals surface area contributed by atoms with Gasteiger partial charge in [0.25, 0.3) is 0 Å². The Morgan fingerprint density at radius 1 is 1.39 bits per heavy atom. The normalized spacial score (nSPS) is 10.3. The van der Waals surface area contributed by atoms with Gasteiger partial charge in [0.05, 0.1) is 10.6 Å². The van der Waals surface area contributed by atoms with Crippen LogP contribution in [-0.4, -0.2) is 22.6 Å². The minimum absolute atomic E-state index is 0.302. The van der Waals surface area contributed by atoms with Crippen molar-refractivity contribution in [3.05, 3.63) is 45.9 Å². The van der Waals surface area contributed by atoms with Crippen LogP contribution in [0.3, 0.4) is 0 Å². The van der Waals surface area contributed by atoms with Crippen molar-refractivity contribution in [2.45, 2.75) is 13.3 Å². The summed E-state index contributed by atoms with van der Waals surface area (Å²) in [5.41, 5.74) is 2.28. The molecule has 0 aliphatic rings. The molecule has 1 heterocycles. The standard InChI is InChI=1S/C13H14N2O2S/c1-9-8-18-12(15-9)6-7-14-11-4-2-10(3-5-11)13(16)17/h2-5,8,14H,6-7H2,1H3,(H,16,17). The average Bonchev–Trinajstić information content (AvgIpc) is 2.76.